The second kappa shape index (κ2) is 6.66. The van der Waals surface area contributed by atoms with Crippen LogP contribution in [0.2, 0.25) is 0 Å². The normalized spacial score (nSPS) is 9.86. The summed E-state index contributed by atoms with van der Waals surface area (Å²) < 4.78 is 8.82. The third-order valence-electron chi connectivity index (χ3n) is 1.54. The highest BCUT2D eigenvalue weighted by Gasteiger charge is 2.26. The highest BCUT2D eigenvalue weighted by Crippen LogP contribution is 2.08. The molecular formula is C9H11NO4. The fourth-order valence-corrected chi connectivity index (χ4v) is 0.830. The molecule has 5 nitrogen and oxygen atoms in total. The first kappa shape index (κ1) is 12.2. The van der Waals surface area contributed by atoms with Gasteiger partial charge >= 0.3 is 11.9 Å². The maximum absolute atomic E-state index is 11.1. The number of ether oxygens (including phenoxy) is 2. The number of carbonyl (C=O) groups is 2. The zero-order valence-electron chi connectivity index (χ0n) is 8.02. The molecule has 5 heteroatoms. The number of hydrogen-bond acceptors (Lipinski definition) is 5. The number of nitrogens with zero attached hydrogens (tertiary/aromatic N) is 1. The van der Waals surface area contributed by atoms with E-state index in [0.717, 1.165) is 0 Å². The van der Waals surface area contributed by atoms with E-state index in [4.69, 9.17) is 5.26 Å². The zero-order valence-corrected chi connectivity index (χ0v) is 8.02. The van der Waals surface area contributed by atoms with E-state index < -0.39 is 17.9 Å². The van der Waals surface area contributed by atoms with E-state index in [1.54, 1.807) is 6.07 Å². The summed E-state index contributed by atoms with van der Waals surface area (Å²) >= 11 is 0. The van der Waals surface area contributed by atoms with Crippen LogP contribution >= 0.6 is 0 Å². The minimum Gasteiger partial charge on any atom is -0.468 e. The van der Waals surface area contributed by atoms with Crippen LogP contribution in [0.15, 0.2) is 12.2 Å². The Morgan fingerprint density at radius 3 is 2.21 bits per heavy atom. The average Bonchev–Trinajstić information content (AvgIpc) is 2.22. The third kappa shape index (κ3) is 3.72. The Morgan fingerprint density at radius 1 is 1.36 bits per heavy atom. The summed E-state index contributed by atoms with van der Waals surface area (Å²) in [7, 11) is 2.37. The SMILES string of the molecule is COC(=O)C(C/C=C/C#N)C(=O)OC. The molecule has 0 aromatic heterocycles. The lowest BCUT2D eigenvalue weighted by Crippen LogP contribution is -2.25. The van der Waals surface area contributed by atoms with Crippen molar-refractivity contribution in [3.8, 4) is 6.07 Å². The summed E-state index contributed by atoms with van der Waals surface area (Å²) in [5.41, 5.74) is 0. The van der Waals surface area contributed by atoms with E-state index in [9.17, 15) is 9.59 Å². The molecule has 0 aliphatic rings. The van der Waals surface area contributed by atoms with Crippen LogP contribution in [0, 0.1) is 17.2 Å². The van der Waals surface area contributed by atoms with Crippen LogP contribution in [-0.4, -0.2) is 26.2 Å². The maximum Gasteiger partial charge on any atom is 0.320 e. The molecule has 0 N–H and O–H groups in total. The van der Waals surface area contributed by atoms with Crippen LogP contribution in [0.4, 0.5) is 0 Å². The first-order valence-corrected chi connectivity index (χ1v) is 3.87. The number of methoxy groups -OCH3 is 2. The first-order chi connectivity index (χ1) is 6.67. The number of nitriles is 1. The third-order valence-corrected chi connectivity index (χ3v) is 1.54. The average molecular weight is 197 g/mol. The summed E-state index contributed by atoms with van der Waals surface area (Å²) in [5.74, 6) is -2.33. The Morgan fingerprint density at radius 2 is 1.86 bits per heavy atom. The fraction of sp³-hybridized carbons (Fsp3) is 0.444. The smallest absolute Gasteiger partial charge is 0.320 e. The monoisotopic (exact) mass is 197 g/mol. The van der Waals surface area contributed by atoms with Crippen LogP contribution in [0.25, 0.3) is 0 Å². The molecule has 0 aliphatic heterocycles. The lowest BCUT2D eigenvalue weighted by molar-refractivity contribution is -0.158. The summed E-state index contributed by atoms with van der Waals surface area (Å²) in [6, 6.07) is 1.75. The zero-order chi connectivity index (χ0) is 11.0. The molecule has 0 amide bonds. The predicted molar refractivity (Wildman–Crippen MR) is 46.9 cm³/mol. The van der Waals surface area contributed by atoms with Crippen molar-refractivity contribution in [1.29, 1.82) is 5.26 Å². The Kier molecular flexibility index (Phi) is 5.79. The van der Waals surface area contributed by atoms with E-state index in [0.29, 0.717) is 0 Å². The van der Waals surface area contributed by atoms with Crippen LogP contribution in [0.3, 0.4) is 0 Å². The van der Waals surface area contributed by atoms with E-state index in [1.165, 1.54) is 26.4 Å². The molecule has 0 bridgehead atoms. The van der Waals surface area contributed by atoms with Gasteiger partial charge in [-0.05, 0) is 6.42 Å². The topological polar surface area (TPSA) is 76.4 Å². The van der Waals surface area contributed by atoms with Crippen molar-refractivity contribution in [3.05, 3.63) is 12.2 Å². The van der Waals surface area contributed by atoms with Crippen molar-refractivity contribution in [2.24, 2.45) is 5.92 Å². The van der Waals surface area contributed by atoms with E-state index in [1.807, 2.05) is 0 Å². The molecule has 0 saturated carbocycles. The van der Waals surface area contributed by atoms with Crippen molar-refractivity contribution >= 4 is 11.9 Å². The first-order valence-electron chi connectivity index (χ1n) is 3.87. The van der Waals surface area contributed by atoms with Gasteiger partial charge in [-0.3, -0.25) is 9.59 Å². The van der Waals surface area contributed by atoms with Crippen LogP contribution < -0.4 is 0 Å². The van der Waals surface area contributed by atoms with Crippen molar-refractivity contribution in [2.75, 3.05) is 14.2 Å². The van der Waals surface area contributed by atoms with Gasteiger partial charge in [-0.1, -0.05) is 6.08 Å². The fourth-order valence-electron chi connectivity index (χ4n) is 0.830. The minimum absolute atomic E-state index is 0.104. The second-order valence-electron chi connectivity index (χ2n) is 2.37. The van der Waals surface area contributed by atoms with Gasteiger partial charge in [-0.25, -0.2) is 0 Å². The molecule has 76 valence electrons. The van der Waals surface area contributed by atoms with Crippen LogP contribution in [0.1, 0.15) is 6.42 Å². The van der Waals surface area contributed by atoms with Gasteiger partial charge in [0.2, 0.25) is 0 Å². The lowest BCUT2D eigenvalue weighted by Gasteiger charge is -2.09. The van der Waals surface area contributed by atoms with Crippen molar-refractivity contribution < 1.29 is 19.1 Å². The van der Waals surface area contributed by atoms with Crippen molar-refractivity contribution in [2.45, 2.75) is 6.42 Å². The van der Waals surface area contributed by atoms with Crippen molar-refractivity contribution in [1.82, 2.24) is 0 Å². The maximum atomic E-state index is 11.1. The molecule has 14 heavy (non-hydrogen) atoms. The van der Waals surface area contributed by atoms with Crippen molar-refractivity contribution in [3.63, 3.8) is 0 Å². The Balaban J connectivity index is 4.42. The molecule has 0 spiro atoms. The molecule has 0 aromatic carbocycles. The standard InChI is InChI=1S/C9H11NO4/c1-13-8(11)7(9(12)14-2)5-3-4-6-10/h3-4,7H,5H2,1-2H3/b4-3+. The summed E-state index contributed by atoms with van der Waals surface area (Å²) in [6.07, 6.45) is 2.71. The van der Waals surface area contributed by atoms with Gasteiger partial charge in [-0.15, -0.1) is 0 Å². The molecule has 0 aromatic rings. The van der Waals surface area contributed by atoms with Gasteiger partial charge in [0.25, 0.3) is 0 Å². The van der Waals surface area contributed by atoms with Crippen LogP contribution in [0.5, 0.6) is 0 Å². The molecular weight excluding hydrogens is 186 g/mol. The molecule has 0 heterocycles. The second-order valence-corrected chi connectivity index (χ2v) is 2.37. The molecule has 0 fully saturated rings. The van der Waals surface area contributed by atoms with Gasteiger partial charge in [-0.2, -0.15) is 5.26 Å². The molecule has 0 atom stereocenters. The van der Waals surface area contributed by atoms with E-state index >= 15 is 0 Å². The van der Waals surface area contributed by atoms with Crippen LogP contribution in [-0.2, 0) is 19.1 Å². The highest BCUT2D eigenvalue weighted by atomic mass is 16.5. The summed E-state index contributed by atoms with van der Waals surface area (Å²) in [4.78, 5) is 22.1. The lowest BCUT2D eigenvalue weighted by atomic mass is 10.1. The van der Waals surface area contributed by atoms with Gasteiger partial charge in [0.15, 0.2) is 5.92 Å². The summed E-state index contributed by atoms with van der Waals surface area (Å²) in [6.45, 7) is 0. The van der Waals surface area contributed by atoms with Gasteiger partial charge in [0, 0.05) is 6.08 Å². The Bertz CT molecular complexity index is 261. The predicted octanol–water partition coefficient (Wildman–Crippen LogP) is 0.418. The summed E-state index contributed by atoms with van der Waals surface area (Å²) in [5, 5.41) is 8.20. The number of rotatable bonds is 4. The minimum atomic E-state index is -0.991. The molecule has 0 radical (unpaired) electrons. The quantitative estimate of drug-likeness (QED) is 0.371. The number of esters is 2. The largest absolute Gasteiger partial charge is 0.468 e. The van der Waals surface area contributed by atoms with Gasteiger partial charge in [0.05, 0.1) is 20.3 Å². The molecule has 0 rings (SSSR count). The number of allylic oxidation sites excluding steroid dienone is 2. The van der Waals surface area contributed by atoms with Gasteiger partial charge in [0.1, 0.15) is 0 Å². The Labute approximate surface area is 81.9 Å². The molecule has 0 saturated heterocycles. The van der Waals surface area contributed by atoms with Gasteiger partial charge < -0.3 is 9.47 Å². The molecule has 0 aliphatic carbocycles. The number of hydrogen-bond donors (Lipinski definition) is 0. The van der Waals surface area contributed by atoms with E-state index in [2.05, 4.69) is 9.47 Å². The highest BCUT2D eigenvalue weighted by molar-refractivity contribution is 5.94. The number of carbonyl (C=O) groups excluding carboxylic acids is 2. The van der Waals surface area contributed by atoms with E-state index in [-0.39, 0.29) is 6.42 Å². The Hall–Kier alpha value is -1.83. The molecule has 0 unspecified atom stereocenters.